The van der Waals surface area contributed by atoms with Crippen LogP contribution in [0.4, 0.5) is 5.69 Å². The van der Waals surface area contributed by atoms with Crippen LogP contribution in [0.3, 0.4) is 0 Å². The molecule has 5 rings (SSSR count). The van der Waals surface area contributed by atoms with Gasteiger partial charge in [0, 0.05) is 18.0 Å². The van der Waals surface area contributed by atoms with Crippen molar-refractivity contribution in [2.75, 3.05) is 12.4 Å². The lowest BCUT2D eigenvalue weighted by atomic mass is 9.82. The number of hydrogen-bond acceptors (Lipinski definition) is 3. The van der Waals surface area contributed by atoms with E-state index in [1.54, 1.807) is 7.11 Å². The molecular weight excluding hydrogens is 398 g/mol. The Kier molecular flexibility index (Phi) is 5.28. The van der Waals surface area contributed by atoms with E-state index in [-0.39, 0.29) is 11.8 Å². The van der Waals surface area contributed by atoms with Crippen LogP contribution in [0.2, 0.25) is 0 Å². The summed E-state index contributed by atoms with van der Waals surface area (Å²) < 4.78 is 11.7. The number of ether oxygens (including phenoxy) is 2. The van der Waals surface area contributed by atoms with E-state index in [9.17, 15) is 4.79 Å². The minimum atomic E-state index is -0.0513. The normalized spacial score (nSPS) is 15.2. The number of benzene rings is 4. The van der Waals surface area contributed by atoms with Crippen LogP contribution in [0.5, 0.6) is 11.5 Å². The van der Waals surface area contributed by atoms with Crippen molar-refractivity contribution >= 4 is 22.4 Å². The summed E-state index contributed by atoms with van der Waals surface area (Å²) >= 11 is 0. The van der Waals surface area contributed by atoms with Crippen molar-refractivity contribution in [2.45, 2.75) is 25.9 Å². The number of anilines is 1. The lowest BCUT2D eigenvalue weighted by Crippen LogP contribution is -2.23. The van der Waals surface area contributed by atoms with Crippen molar-refractivity contribution in [3.63, 3.8) is 0 Å². The second kappa shape index (κ2) is 8.39. The highest BCUT2D eigenvalue weighted by atomic mass is 16.5. The third-order valence-electron chi connectivity index (χ3n) is 6.05. The second-order valence-corrected chi connectivity index (χ2v) is 8.24. The van der Waals surface area contributed by atoms with Crippen LogP contribution in [-0.2, 0) is 11.4 Å². The first-order valence-corrected chi connectivity index (χ1v) is 10.8. The maximum Gasteiger partial charge on any atom is 0.225 e. The molecule has 1 heterocycles. The molecule has 0 saturated carbocycles. The largest absolute Gasteiger partial charge is 0.493 e. The average molecular weight is 424 g/mol. The Hall–Kier alpha value is -3.79. The average Bonchev–Trinajstić information content (AvgIpc) is 2.82. The molecule has 1 atom stereocenters. The molecule has 0 radical (unpaired) electrons. The summed E-state index contributed by atoms with van der Waals surface area (Å²) in [6, 6.07) is 26.6. The van der Waals surface area contributed by atoms with Crippen LogP contribution in [0.1, 0.15) is 34.6 Å². The molecule has 0 fully saturated rings. The molecule has 0 bridgehead atoms. The van der Waals surface area contributed by atoms with Crippen LogP contribution in [-0.4, -0.2) is 13.0 Å². The van der Waals surface area contributed by atoms with Gasteiger partial charge in [0.1, 0.15) is 6.61 Å². The predicted octanol–water partition coefficient (Wildman–Crippen LogP) is 6.21. The zero-order chi connectivity index (χ0) is 22.1. The van der Waals surface area contributed by atoms with Gasteiger partial charge in [-0.1, -0.05) is 66.2 Å². The zero-order valence-electron chi connectivity index (χ0n) is 18.2. The molecule has 32 heavy (non-hydrogen) atoms. The van der Waals surface area contributed by atoms with Crippen LogP contribution < -0.4 is 14.8 Å². The van der Waals surface area contributed by atoms with E-state index in [0.717, 1.165) is 33.2 Å². The number of aryl methyl sites for hydroxylation is 1. The van der Waals surface area contributed by atoms with Gasteiger partial charge in [-0.05, 0) is 52.6 Å². The Balaban J connectivity index is 1.50. The van der Waals surface area contributed by atoms with Gasteiger partial charge in [0.15, 0.2) is 11.5 Å². The number of rotatable bonds is 5. The van der Waals surface area contributed by atoms with E-state index in [0.29, 0.717) is 24.5 Å². The molecule has 1 aliphatic heterocycles. The third-order valence-corrected chi connectivity index (χ3v) is 6.05. The Morgan fingerprint density at radius 3 is 2.66 bits per heavy atom. The number of fused-ring (bicyclic) bond motifs is 3. The summed E-state index contributed by atoms with van der Waals surface area (Å²) in [5.74, 6) is 1.33. The van der Waals surface area contributed by atoms with E-state index >= 15 is 0 Å². The van der Waals surface area contributed by atoms with E-state index < -0.39 is 0 Å². The smallest absolute Gasteiger partial charge is 0.225 e. The van der Waals surface area contributed by atoms with Crippen molar-refractivity contribution in [2.24, 2.45) is 0 Å². The molecule has 0 saturated heterocycles. The summed E-state index contributed by atoms with van der Waals surface area (Å²) in [6.07, 6.45) is 0.396. The standard InChI is InChI=1S/C28H25NO3/c1-18-6-5-7-19(14-18)17-32-25-13-11-21(15-26(25)31-2)23-16-27(30)29-24-12-10-20-8-3-4-9-22(20)28(23)24/h3-15,23H,16-17H2,1-2H3,(H,29,30). The lowest BCUT2D eigenvalue weighted by molar-refractivity contribution is -0.116. The SMILES string of the molecule is COc1cc(C2CC(=O)Nc3ccc4ccccc4c32)ccc1OCc1cccc(C)c1. The summed E-state index contributed by atoms with van der Waals surface area (Å²) in [7, 11) is 1.65. The van der Waals surface area contributed by atoms with Gasteiger partial charge < -0.3 is 14.8 Å². The van der Waals surface area contributed by atoms with Crippen LogP contribution in [0, 0.1) is 6.92 Å². The Morgan fingerprint density at radius 1 is 0.938 bits per heavy atom. The van der Waals surface area contributed by atoms with Crippen molar-refractivity contribution in [3.05, 3.63) is 101 Å². The third kappa shape index (κ3) is 3.80. The maximum atomic E-state index is 12.5. The highest BCUT2D eigenvalue weighted by Gasteiger charge is 2.29. The van der Waals surface area contributed by atoms with Crippen LogP contribution in [0.25, 0.3) is 10.8 Å². The molecule has 4 nitrogen and oxygen atoms in total. The van der Waals surface area contributed by atoms with E-state index in [1.807, 2.05) is 42.5 Å². The first-order valence-electron chi connectivity index (χ1n) is 10.8. The maximum absolute atomic E-state index is 12.5. The van der Waals surface area contributed by atoms with Gasteiger partial charge in [-0.15, -0.1) is 0 Å². The predicted molar refractivity (Wildman–Crippen MR) is 128 cm³/mol. The summed E-state index contributed by atoms with van der Waals surface area (Å²) in [5.41, 5.74) is 5.38. The summed E-state index contributed by atoms with van der Waals surface area (Å²) in [5, 5.41) is 5.37. The number of carbonyl (C=O) groups excluding carboxylic acids is 1. The molecule has 1 amide bonds. The fourth-order valence-electron chi connectivity index (χ4n) is 4.54. The van der Waals surface area contributed by atoms with Gasteiger partial charge in [-0.25, -0.2) is 0 Å². The minimum absolute atomic E-state index is 0.0246. The van der Waals surface area contributed by atoms with Gasteiger partial charge >= 0.3 is 0 Å². The molecule has 1 aliphatic rings. The van der Waals surface area contributed by atoms with Crippen molar-refractivity contribution in [3.8, 4) is 11.5 Å². The lowest BCUT2D eigenvalue weighted by Gasteiger charge is -2.28. The van der Waals surface area contributed by atoms with Crippen molar-refractivity contribution < 1.29 is 14.3 Å². The van der Waals surface area contributed by atoms with Crippen molar-refractivity contribution in [1.29, 1.82) is 0 Å². The fraction of sp³-hybridized carbons (Fsp3) is 0.179. The summed E-state index contributed by atoms with van der Waals surface area (Å²) in [6.45, 7) is 2.54. The first-order chi connectivity index (χ1) is 15.6. The molecule has 0 spiro atoms. The number of hydrogen-bond donors (Lipinski definition) is 1. The zero-order valence-corrected chi connectivity index (χ0v) is 18.2. The van der Waals surface area contributed by atoms with E-state index in [1.165, 1.54) is 5.56 Å². The Morgan fingerprint density at radius 2 is 1.81 bits per heavy atom. The Labute approximate surface area is 187 Å². The fourth-order valence-corrected chi connectivity index (χ4v) is 4.54. The number of methoxy groups -OCH3 is 1. The van der Waals surface area contributed by atoms with Gasteiger partial charge in [-0.2, -0.15) is 0 Å². The molecule has 0 aromatic heterocycles. The molecule has 4 heteroatoms. The topological polar surface area (TPSA) is 47.6 Å². The molecule has 160 valence electrons. The molecular formula is C28H25NO3. The first kappa shape index (κ1) is 20.1. The molecule has 4 aromatic rings. The number of carbonyl (C=O) groups is 1. The van der Waals surface area contributed by atoms with Crippen molar-refractivity contribution in [1.82, 2.24) is 0 Å². The second-order valence-electron chi connectivity index (χ2n) is 8.24. The molecule has 0 aliphatic carbocycles. The molecule has 4 aromatic carbocycles. The van der Waals surface area contributed by atoms with E-state index in [4.69, 9.17) is 9.47 Å². The monoisotopic (exact) mass is 423 g/mol. The number of nitrogens with one attached hydrogen (secondary N) is 1. The minimum Gasteiger partial charge on any atom is -0.493 e. The summed E-state index contributed by atoms with van der Waals surface area (Å²) in [4.78, 5) is 12.5. The van der Waals surface area contributed by atoms with Gasteiger partial charge in [0.05, 0.1) is 7.11 Å². The highest BCUT2D eigenvalue weighted by Crippen LogP contribution is 2.43. The molecule has 1 N–H and O–H groups in total. The highest BCUT2D eigenvalue weighted by molar-refractivity contribution is 6.01. The molecule has 1 unspecified atom stereocenters. The van der Waals surface area contributed by atoms with Gasteiger partial charge in [0.25, 0.3) is 0 Å². The van der Waals surface area contributed by atoms with E-state index in [2.05, 4.69) is 48.6 Å². The van der Waals surface area contributed by atoms with Crippen LogP contribution in [0.15, 0.2) is 78.9 Å². The Bertz CT molecular complexity index is 1310. The van der Waals surface area contributed by atoms with Gasteiger partial charge in [0.2, 0.25) is 5.91 Å². The quantitative estimate of drug-likeness (QED) is 0.415. The van der Waals surface area contributed by atoms with Crippen LogP contribution >= 0.6 is 0 Å². The number of amides is 1. The van der Waals surface area contributed by atoms with Gasteiger partial charge in [-0.3, -0.25) is 4.79 Å².